The summed E-state index contributed by atoms with van der Waals surface area (Å²) < 4.78 is 2.85. The molecular formula is C17H20N4O5. The van der Waals surface area contributed by atoms with E-state index < -0.39 is 34.2 Å². The summed E-state index contributed by atoms with van der Waals surface area (Å²) in [5, 5.41) is 11.0. The summed E-state index contributed by atoms with van der Waals surface area (Å²) in [6.45, 7) is 6.05. The molecule has 0 fully saturated rings. The second-order valence-electron chi connectivity index (χ2n) is 6.03. The zero-order valence-corrected chi connectivity index (χ0v) is 14.8. The number of primary amides is 1. The van der Waals surface area contributed by atoms with Gasteiger partial charge in [-0.25, -0.2) is 0 Å². The van der Waals surface area contributed by atoms with Gasteiger partial charge in [0.25, 0.3) is 17.2 Å². The van der Waals surface area contributed by atoms with E-state index in [4.69, 9.17) is 5.73 Å². The van der Waals surface area contributed by atoms with Crippen molar-refractivity contribution in [1.29, 1.82) is 0 Å². The van der Waals surface area contributed by atoms with Crippen LogP contribution in [0.25, 0.3) is 0 Å². The molecule has 0 aliphatic carbocycles. The number of amides is 1. The molecule has 9 heteroatoms. The Bertz CT molecular complexity index is 955. The number of ketones is 1. The molecule has 0 atom stereocenters. The predicted molar refractivity (Wildman–Crippen MR) is 94.4 cm³/mol. The molecule has 2 heterocycles. The van der Waals surface area contributed by atoms with E-state index in [9.17, 15) is 24.5 Å². The molecule has 26 heavy (non-hydrogen) atoms. The van der Waals surface area contributed by atoms with Crippen LogP contribution in [0.3, 0.4) is 0 Å². The number of hydrogen-bond donors (Lipinski definition) is 1. The molecule has 0 saturated heterocycles. The summed E-state index contributed by atoms with van der Waals surface area (Å²) >= 11 is 0. The topological polar surface area (TPSA) is 130 Å². The highest BCUT2D eigenvalue weighted by atomic mass is 16.6. The molecule has 138 valence electrons. The number of nitrogens with two attached hydrogens (primary N) is 1. The molecule has 0 aliphatic heterocycles. The number of carbonyl (C=O) groups is 2. The third-order valence-corrected chi connectivity index (χ3v) is 4.18. The van der Waals surface area contributed by atoms with Crippen molar-refractivity contribution in [2.45, 2.75) is 40.3 Å². The van der Waals surface area contributed by atoms with E-state index in [1.807, 2.05) is 18.4 Å². The second kappa shape index (κ2) is 7.34. The van der Waals surface area contributed by atoms with Crippen molar-refractivity contribution in [2.24, 2.45) is 5.73 Å². The first kappa shape index (κ1) is 19.1. The van der Waals surface area contributed by atoms with Crippen LogP contribution in [0.15, 0.2) is 23.1 Å². The Kier molecular flexibility index (Phi) is 5.39. The van der Waals surface area contributed by atoms with Crippen LogP contribution in [-0.4, -0.2) is 25.7 Å². The molecule has 2 N–H and O–H groups in total. The van der Waals surface area contributed by atoms with Crippen LogP contribution in [0, 0.1) is 24.0 Å². The molecule has 2 aromatic rings. The van der Waals surface area contributed by atoms with Crippen molar-refractivity contribution in [3.05, 3.63) is 61.3 Å². The number of aryl methyl sites for hydroxylation is 1. The van der Waals surface area contributed by atoms with E-state index >= 15 is 0 Å². The van der Waals surface area contributed by atoms with Crippen molar-refractivity contribution in [3.8, 4) is 0 Å². The first-order valence-corrected chi connectivity index (χ1v) is 8.06. The Hall–Kier alpha value is -3.23. The van der Waals surface area contributed by atoms with Crippen molar-refractivity contribution in [2.75, 3.05) is 0 Å². The molecule has 0 radical (unpaired) electrons. The predicted octanol–water partition coefficient (Wildman–Crippen LogP) is 1.57. The SMILES string of the molecule is CCCn1c(C)cc(C(=O)Cn2cc([N+](=O)[O-])cc(C(N)=O)c2=O)c1C. The molecule has 0 saturated carbocycles. The van der Waals surface area contributed by atoms with Crippen LogP contribution in [0.4, 0.5) is 5.69 Å². The van der Waals surface area contributed by atoms with Crippen molar-refractivity contribution in [3.63, 3.8) is 0 Å². The number of Topliss-reactive ketones (excluding diaryl/α,β-unsaturated/α-hetero) is 1. The summed E-state index contributed by atoms with van der Waals surface area (Å²) in [5.41, 5.74) is 5.39. The number of aromatic nitrogens is 2. The van der Waals surface area contributed by atoms with Crippen LogP contribution in [0.2, 0.25) is 0 Å². The Labute approximate surface area is 149 Å². The maximum absolute atomic E-state index is 12.7. The number of carbonyl (C=O) groups excluding carboxylic acids is 2. The van der Waals surface area contributed by atoms with Gasteiger partial charge in [0, 0.05) is 29.6 Å². The lowest BCUT2D eigenvalue weighted by Crippen LogP contribution is -2.31. The smallest absolute Gasteiger partial charge is 0.286 e. The third kappa shape index (κ3) is 3.56. The molecule has 9 nitrogen and oxygen atoms in total. The van der Waals surface area contributed by atoms with E-state index in [-0.39, 0.29) is 5.78 Å². The number of nitro groups is 1. The van der Waals surface area contributed by atoms with E-state index in [0.717, 1.165) is 41.2 Å². The van der Waals surface area contributed by atoms with E-state index in [1.165, 1.54) is 0 Å². The largest absolute Gasteiger partial charge is 0.365 e. The standard InChI is InChI=1S/C17H20N4O5/c1-4-5-20-10(2)6-13(11(20)3)15(22)9-19-8-12(21(25)26)7-14(16(18)23)17(19)24/h6-8H,4-5,9H2,1-3H3,(H2,18,23). The molecule has 0 aliphatic rings. The monoisotopic (exact) mass is 360 g/mol. The fraction of sp³-hybridized carbons (Fsp3) is 0.353. The Balaban J connectivity index is 2.47. The third-order valence-electron chi connectivity index (χ3n) is 4.18. The summed E-state index contributed by atoms with van der Waals surface area (Å²) in [5.74, 6) is -1.46. The van der Waals surface area contributed by atoms with Crippen molar-refractivity contribution in [1.82, 2.24) is 9.13 Å². The van der Waals surface area contributed by atoms with Crippen molar-refractivity contribution < 1.29 is 14.5 Å². The summed E-state index contributed by atoms with van der Waals surface area (Å²) in [4.78, 5) is 46.6. The number of rotatable bonds is 7. The first-order valence-electron chi connectivity index (χ1n) is 8.06. The fourth-order valence-corrected chi connectivity index (χ4v) is 2.90. The molecular weight excluding hydrogens is 340 g/mol. The Morgan fingerprint density at radius 3 is 2.42 bits per heavy atom. The molecule has 0 spiro atoms. The van der Waals surface area contributed by atoms with Gasteiger partial charge in [-0.1, -0.05) is 6.92 Å². The maximum Gasteiger partial charge on any atom is 0.286 e. The van der Waals surface area contributed by atoms with Gasteiger partial charge in [-0.3, -0.25) is 24.5 Å². The lowest BCUT2D eigenvalue weighted by molar-refractivity contribution is -0.385. The minimum atomic E-state index is -1.08. The summed E-state index contributed by atoms with van der Waals surface area (Å²) in [6.07, 6.45) is 1.84. The van der Waals surface area contributed by atoms with E-state index in [1.54, 1.807) is 13.0 Å². The van der Waals surface area contributed by atoms with Crippen molar-refractivity contribution >= 4 is 17.4 Å². The number of pyridine rings is 1. The van der Waals surface area contributed by atoms with Crippen LogP contribution < -0.4 is 11.3 Å². The first-order chi connectivity index (χ1) is 12.2. The van der Waals surface area contributed by atoms with Gasteiger partial charge < -0.3 is 14.9 Å². The molecule has 2 rings (SSSR count). The van der Waals surface area contributed by atoms with Crippen LogP contribution >= 0.6 is 0 Å². The summed E-state index contributed by atoms with van der Waals surface area (Å²) in [7, 11) is 0. The molecule has 0 unspecified atom stereocenters. The van der Waals surface area contributed by atoms with Gasteiger partial charge in [-0.15, -0.1) is 0 Å². The minimum absolute atomic E-state index is 0.376. The van der Waals surface area contributed by atoms with Gasteiger partial charge >= 0.3 is 0 Å². The zero-order chi connectivity index (χ0) is 19.6. The van der Waals surface area contributed by atoms with Gasteiger partial charge in [0.2, 0.25) is 0 Å². The quantitative estimate of drug-likeness (QED) is 0.455. The molecule has 0 bridgehead atoms. The van der Waals surface area contributed by atoms with E-state index in [2.05, 4.69) is 0 Å². The summed E-state index contributed by atoms with van der Waals surface area (Å²) in [6, 6.07) is 2.55. The highest BCUT2D eigenvalue weighted by Gasteiger charge is 2.21. The van der Waals surface area contributed by atoms with E-state index in [0.29, 0.717) is 5.56 Å². The Morgan fingerprint density at radius 1 is 1.23 bits per heavy atom. The van der Waals surface area contributed by atoms with Gasteiger partial charge in [0.05, 0.1) is 17.7 Å². The average molecular weight is 360 g/mol. The highest BCUT2D eigenvalue weighted by Crippen LogP contribution is 2.17. The number of hydrogen-bond acceptors (Lipinski definition) is 5. The fourth-order valence-electron chi connectivity index (χ4n) is 2.90. The lowest BCUT2D eigenvalue weighted by atomic mass is 10.1. The lowest BCUT2D eigenvalue weighted by Gasteiger charge is -2.09. The van der Waals surface area contributed by atoms with Gasteiger partial charge in [-0.2, -0.15) is 0 Å². The zero-order valence-electron chi connectivity index (χ0n) is 14.8. The average Bonchev–Trinajstić information content (AvgIpc) is 2.84. The molecule has 2 aromatic heterocycles. The normalized spacial score (nSPS) is 10.7. The molecule has 0 aromatic carbocycles. The maximum atomic E-state index is 12.7. The second-order valence-corrected chi connectivity index (χ2v) is 6.03. The number of nitrogens with zero attached hydrogens (tertiary/aromatic N) is 3. The van der Waals surface area contributed by atoms with Gasteiger partial charge in [0.15, 0.2) is 5.78 Å². The highest BCUT2D eigenvalue weighted by molar-refractivity contribution is 5.97. The van der Waals surface area contributed by atoms with Crippen LogP contribution in [0.1, 0.15) is 45.4 Å². The minimum Gasteiger partial charge on any atom is -0.365 e. The van der Waals surface area contributed by atoms with Crippen LogP contribution in [-0.2, 0) is 13.1 Å². The molecule has 1 amide bonds. The van der Waals surface area contributed by atoms with Crippen LogP contribution in [0.5, 0.6) is 0 Å². The van der Waals surface area contributed by atoms with Gasteiger partial charge in [0.1, 0.15) is 5.56 Å². The van der Waals surface area contributed by atoms with Gasteiger partial charge in [-0.05, 0) is 26.3 Å². The Morgan fingerprint density at radius 2 is 1.88 bits per heavy atom.